The monoisotopic (exact) mass is 146 g/mol. The van der Waals surface area contributed by atoms with Gasteiger partial charge in [0.15, 0.2) is 5.11 Å². The van der Waals surface area contributed by atoms with Crippen LogP contribution in [0.1, 0.15) is 0 Å². The summed E-state index contributed by atoms with van der Waals surface area (Å²) in [5, 5.41) is 9.41. The molecule has 3 nitrogen and oxygen atoms in total. The molecule has 0 bridgehead atoms. The third kappa shape index (κ3) is 1.14. The molecule has 0 aromatic heterocycles. The van der Waals surface area contributed by atoms with Crippen LogP contribution in [-0.2, 0) is 0 Å². The molecule has 1 fully saturated rings. The van der Waals surface area contributed by atoms with Crippen LogP contribution in [0.25, 0.3) is 0 Å². The van der Waals surface area contributed by atoms with Gasteiger partial charge in [-0.25, -0.2) is 0 Å². The number of likely N-dealkylation sites (N-methyl/N-ethyl adjacent to an activating group) is 1. The van der Waals surface area contributed by atoms with Gasteiger partial charge in [0.05, 0.1) is 0 Å². The van der Waals surface area contributed by atoms with E-state index in [2.05, 4.69) is 0 Å². The first-order valence-corrected chi connectivity index (χ1v) is 3.27. The molecule has 0 saturated carbocycles. The average molecular weight is 146 g/mol. The van der Waals surface area contributed by atoms with Crippen molar-refractivity contribution < 1.29 is 5.11 Å². The lowest BCUT2D eigenvalue weighted by atomic mass is 10.6. The zero-order valence-corrected chi connectivity index (χ0v) is 6.19. The zero-order valence-electron chi connectivity index (χ0n) is 5.37. The predicted octanol–water partition coefficient (Wildman–Crippen LogP) is -0.532. The molecular formula is C5H10N2OS. The van der Waals surface area contributed by atoms with Gasteiger partial charge in [-0.2, -0.15) is 0 Å². The molecule has 0 unspecified atom stereocenters. The van der Waals surface area contributed by atoms with E-state index < -0.39 is 0 Å². The topological polar surface area (TPSA) is 26.7 Å². The van der Waals surface area contributed by atoms with Gasteiger partial charge in [-0.05, 0) is 12.2 Å². The second kappa shape index (κ2) is 2.49. The maximum Gasteiger partial charge on any atom is 0.173 e. The summed E-state index contributed by atoms with van der Waals surface area (Å²) in [4.78, 5) is 3.71. The number of thiocarbonyl (C=S) groups is 1. The van der Waals surface area contributed by atoms with Gasteiger partial charge in [0, 0.05) is 20.1 Å². The number of rotatable bonds is 1. The molecule has 0 aliphatic carbocycles. The van der Waals surface area contributed by atoms with Gasteiger partial charge in [-0.1, -0.05) is 0 Å². The summed E-state index contributed by atoms with van der Waals surface area (Å²) in [6, 6.07) is 0. The fourth-order valence-corrected chi connectivity index (χ4v) is 1.07. The van der Waals surface area contributed by atoms with E-state index in [1.54, 1.807) is 4.90 Å². The summed E-state index contributed by atoms with van der Waals surface area (Å²) in [6.45, 7) is 1.83. The largest absolute Gasteiger partial charge is 0.376 e. The van der Waals surface area contributed by atoms with Gasteiger partial charge in [-0.15, -0.1) is 0 Å². The van der Waals surface area contributed by atoms with Crippen molar-refractivity contribution in [2.75, 3.05) is 26.9 Å². The van der Waals surface area contributed by atoms with Gasteiger partial charge < -0.3 is 14.9 Å². The van der Waals surface area contributed by atoms with Crippen LogP contribution in [0.15, 0.2) is 0 Å². The molecule has 0 aromatic rings. The first-order valence-electron chi connectivity index (χ1n) is 2.86. The van der Waals surface area contributed by atoms with Crippen molar-refractivity contribution >= 4 is 17.3 Å². The summed E-state index contributed by atoms with van der Waals surface area (Å²) in [7, 11) is 1.93. The highest BCUT2D eigenvalue weighted by Gasteiger charge is 2.19. The van der Waals surface area contributed by atoms with Crippen LogP contribution in [-0.4, -0.2) is 46.9 Å². The Morgan fingerprint density at radius 3 is 2.56 bits per heavy atom. The van der Waals surface area contributed by atoms with Crippen LogP contribution in [0.5, 0.6) is 0 Å². The van der Waals surface area contributed by atoms with Crippen molar-refractivity contribution in [3.8, 4) is 0 Å². The Morgan fingerprint density at radius 1 is 1.67 bits per heavy atom. The summed E-state index contributed by atoms with van der Waals surface area (Å²) in [5.41, 5.74) is 0. The minimum atomic E-state index is 0.0448. The second-order valence-corrected chi connectivity index (χ2v) is 2.47. The second-order valence-electron chi connectivity index (χ2n) is 2.11. The van der Waals surface area contributed by atoms with E-state index >= 15 is 0 Å². The number of nitrogens with zero attached hydrogens (tertiary/aromatic N) is 2. The van der Waals surface area contributed by atoms with Gasteiger partial charge in [0.1, 0.15) is 6.73 Å². The molecule has 1 heterocycles. The number of hydrogen-bond acceptors (Lipinski definition) is 2. The third-order valence-electron chi connectivity index (χ3n) is 1.47. The molecule has 1 aliphatic heterocycles. The van der Waals surface area contributed by atoms with Gasteiger partial charge in [0.2, 0.25) is 0 Å². The molecular weight excluding hydrogens is 136 g/mol. The molecule has 1 rings (SSSR count). The summed E-state index contributed by atoms with van der Waals surface area (Å²) in [5.74, 6) is 0. The Bertz CT molecular complexity index is 128. The Morgan fingerprint density at radius 2 is 2.33 bits per heavy atom. The van der Waals surface area contributed by atoms with Crippen molar-refractivity contribution in [1.29, 1.82) is 0 Å². The highest BCUT2D eigenvalue weighted by molar-refractivity contribution is 7.80. The minimum absolute atomic E-state index is 0.0448. The van der Waals surface area contributed by atoms with Gasteiger partial charge >= 0.3 is 0 Å². The maximum absolute atomic E-state index is 8.67. The Balaban J connectivity index is 2.51. The van der Waals surface area contributed by atoms with Crippen molar-refractivity contribution in [3.05, 3.63) is 0 Å². The van der Waals surface area contributed by atoms with Crippen LogP contribution >= 0.6 is 12.2 Å². The third-order valence-corrected chi connectivity index (χ3v) is 2.04. The summed E-state index contributed by atoms with van der Waals surface area (Å²) < 4.78 is 0. The van der Waals surface area contributed by atoms with Crippen LogP contribution in [0.2, 0.25) is 0 Å². The van der Waals surface area contributed by atoms with Crippen molar-refractivity contribution in [3.63, 3.8) is 0 Å². The smallest absolute Gasteiger partial charge is 0.173 e. The molecule has 0 amide bonds. The zero-order chi connectivity index (χ0) is 6.85. The maximum atomic E-state index is 8.67. The highest BCUT2D eigenvalue weighted by Crippen LogP contribution is 2.03. The lowest BCUT2D eigenvalue weighted by molar-refractivity contribution is 0.183. The van der Waals surface area contributed by atoms with E-state index in [-0.39, 0.29) is 6.73 Å². The molecule has 0 spiro atoms. The van der Waals surface area contributed by atoms with E-state index in [1.165, 1.54) is 0 Å². The molecule has 1 N–H and O–H groups in total. The molecule has 4 heteroatoms. The Hall–Kier alpha value is -0.350. The molecule has 0 aromatic carbocycles. The van der Waals surface area contributed by atoms with Crippen LogP contribution in [0, 0.1) is 0 Å². The van der Waals surface area contributed by atoms with Crippen LogP contribution < -0.4 is 0 Å². The SMILES string of the molecule is CN1CCN(CO)C1=S. The van der Waals surface area contributed by atoms with E-state index in [0.717, 1.165) is 18.2 Å². The van der Waals surface area contributed by atoms with Crippen molar-refractivity contribution in [1.82, 2.24) is 9.80 Å². The first-order chi connectivity index (χ1) is 4.25. The lowest BCUT2D eigenvalue weighted by Gasteiger charge is -2.14. The fourth-order valence-electron chi connectivity index (χ4n) is 0.835. The average Bonchev–Trinajstić information content (AvgIpc) is 2.15. The number of aliphatic hydroxyl groups is 1. The molecule has 1 aliphatic rings. The van der Waals surface area contributed by atoms with Crippen LogP contribution in [0.3, 0.4) is 0 Å². The standard InChI is InChI=1S/C5H10N2OS/c1-6-2-3-7(4-8)5(6)9/h8H,2-4H2,1H3. The van der Waals surface area contributed by atoms with E-state index in [9.17, 15) is 0 Å². The van der Waals surface area contributed by atoms with Crippen molar-refractivity contribution in [2.45, 2.75) is 0 Å². The Labute approximate surface area is 59.9 Å². The van der Waals surface area contributed by atoms with E-state index in [0.29, 0.717) is 0 Å². The highest BCUT2D eigenvalue weighted by atomic mass is 32.1. The molecule has 1 saturated heterocycles. The predicted molar refractivity (Wildman–Crippen MR) is 39.0 cm³/mol. The normalized spacial score (nSPS) is 19.6. The lowest BCUT2D eigenvalue weighted by Crippen LogP contribution is -2.29. The van der Waals surface area contributed by atoms with Crippen molar-refractivity contribution in [2.24, 2.45) is 0 Å². The number of aliphatic hydroxyl groups excluding tert-OH is 1. The van der Waals surface area contributed by atoms with Gasteiger partial charge in [-0.3, -0.25) is 0 Å². The fraction of sp³-hybridized carbons (Fsp3) is 0.800. The minimum Gasteiger partial charge on any atom is -0.376 e. The van der Waals surface area contributed by atoms with E-state index in [1.807, 2.05) is 11.9 Å². The molecule has 0 radical (unpaired) electrons. The molecule has 0 atom stereocenters. The number of hydrogen-bond donors (Lipinski definition) is 1. The van der Waals surface area contributed by atoms with Crippen LogP contribution in [0.4, 0.5) is 0 Å². The quantitative estimate of drug-likeness (QED) is 0.503. The summed E-state index contributed by atoms with van der Waals surface area (Å²) >= 11 is 4.95. The first kappa shape index (κ1) is 6.77. The van der Waals surface area contributed by atoms with Gasteiger partial charge in [0.25, 0.3) is 0 Å². The Kier molecular flexibility index (Phi) is 1.87. The van der Waals surface area contributed by atoms with E-state index in [4.69, 9.17) is 17.3 Å². The molecule has 52 valence electrons. The summed E-state index contributed by atoms with van der Waals surface area (Å²) in [6.07, 6.45) is 0. The molecule has 9 heavy (non-hydrogen) atoms.